The molecule has 0 radical (unpaired) electrons. The van der Waals surface area contributed by atoms with Crippen LogP contribution in [0.15, 0.2) is 18.2 Å². The molecule has 1 fully saturated rings. The maximum absolute atomic E-state index is 12.7. The van der Waals surface area contributed by atoms with E-state index in [-0.39, 0.29) is 6.10 Å². The van der Waals surface area contributed by atoms with E-state index in [1.807, 2.05) is 0 Å². The van der Waals surface area contributed by atoms with Crippen molar-refractivity contribution < 1.29 is 17.7 Å². The largest absolute Gasteiger partial charge is 0.509 e. The van der Waals surface area contributed by atoms with Gasteiger partial charge >= 0.3 is 6.98 Å². The first-order valence-corrected chi connectivity index (χ1v) is 7.39. The van der Waals surface area contributed by atoms with Gasteiger partial charge in [0.1, 0.15) is 11.9 Å². The summed E-state index contributed by atoms with van der Waals surface area (Å²) in [5, 5.41) is 0. The van der Waals surface area contributed by atoms with E-state index < -0.39 is 12.4 Å². The van der Waals surface area contributed by atoms with E-state index in [0.717, 1.165) is 31.7 Å². The highest BCUT2D eigenvalue weighted by atomic mass is 19.4. The molecule has 2 unspecified atom stereocenters. The van der Waals surface area contributed by atoms with E-state index in [1.54, 1.807) is 6.92 Å². The molecule has 2 atom stereocenters. The van der Waals surface area contributed by atoms with Crippen LogP contribution in [0.25, 0.3) is 0 Å². The first-order chi connectivity index (χ1) is 9.41. The maximum atomic E-state index is 12.7. The molecule has 0 amide bonds. The van der Waals surface area contributed by atoms with E-state index in [1.165, 1.54) is 18.6 Å². The molecule has 1 aliphatic carbocycles. The molecule has 1 saturated carbocycles. The van der Waals surface area contributed by atoms with Gasteiger partial charge in [-0.15, -0.1) is 5.46 Å². The average molecular weight is 285 g/mol. The fourth-order valence-corrected chi connectivity index (χ4v) is 2.97. The smallest absolute Gasteiger partial charge is 0.490 e. The zero-order chi connectivity index (χ0) is 14.8. The van der Waals surface area contributed by atoms with Crippen molar-refractivity contribution in [3.05, 3.63) is 23.8 Å². The van der Waals surface area contributed by atoms with Crippen LogP contribution in [-0.2, 0) is 0 Å². The highest BCUT2D eigenvalue weighted by molar-refractivity contribution is 6.73. The van der Waals surface area contributed by atoms with E-state index in [4.69, 9.17) is 4.74 Å². The summed E-state index contributed by atoms with van der Waals surface area (Å²) in [5.41, 5.74) is 0.0210. The molecule has 0 N–H and O–H groups in total. The molecule has 0 aromatic heterocycles. The quantitative estimate of drug-likeness (QED) is 0.745. The van der Waals surface area contributed by atoms with Gasteiger partial charge in [0.15, 0.2) is 0 Å². The summed E-state index contributed by atoms with van der Waals surface area (Å²) in [6.07, 6.45) is 5.74. The monoisotopic (exact) mass is 285 g/mol. The number of aryl methyl sites for hydroxylation is 1. The molecule has 1 nitrogen and oxygen atoms in total. The zero-order valence-electron chi connectivity index (χ0n) is 12.0. The Morgan fingerprint density at radius 2 is 1.90 bits per heavy atom. The van der Waals surface area contributed by atoms with Crippen LogP contribution in [0.1, 0.15) is 44.6 Å². The fraction of sp³-hybridized carbons (Fsp3) is 0.600. The summed E-state index contributed by atoms with van der Waals surface area (Å²) < 4.78 is 44.1. The molecule has 112 valence electrons. The summed E-state index contributed by atoms with van der Waals surface area (Å²) in [6, 6.07) is 3.80. The lowest BCUT2D eigenvalue weighted by Crippen LogP contribution is -2.34. The lowest BCUT2D eigenvalue weighted by atomic mass is 9.79. The molecule has 1 aromatic carbocycles. The first-order valence-electron chi connectivity index (χ1n) is 7.39. The van der Waals surface area contributed by atoms with Crippen LogP contribution in [0.3, 0.4) is 0 Å². The van der Waals surface area contributed by atoms with E-state index in [0.29, 0.717) is 17.2 Å². The Hall–Kier alpha value is -1.13. The van der Waals surface area contributed by atoms with Gasteiger partial charge in [-0.3, -0.25) is 0 Å². The van der Waals surface area contributed by atoms with Crippen molar-refractivity contribution >= 4 is 12.4 Å². The molecule has 0 spiro atoms. The highest BCUT2D eigenvalue weighted by Gasteiger charge is 2.28. The molecular formula is C15H21BF3O-. The average Bonchev–Trinajstić information content (AvgIpc) is 2.40. The third-order valence-corrected chi connectivity index (χ3v) is 4.22. The van der Waals surface area contributed by atoms with Crippen LogP contribution in [0, 0.1) is 12.8 Å². The minimum absolute atomic E-state index is 0.148. The number of hydrogen-bond donors (Lipinski definition) is 0. The van der Waals surface area contributed by atoms with E-state index in [9.17, 15) is 12.9 Å². The van der Waals surface area contributed by atoms with Gasteiger partial charge in [0.05, 0.1) is 0 Å². The summed E-state index contributed by atoms with van der Waals surface area (Å²) in [6.45, 7) is -1.10. The Labute approximate surface area is 118 Å². The lowest BCUT2D eigenvalue weighted by Gasteiger charge is -2.32. The zero-order valence-corrected chi connectivity index (χ0v) is 12.0. The maximum Gasteiger partial charge on any atom is 0.509 e. The predicted molar refractivity (Wildman–Crippen MR) is 76.6 cm³/mol. The van der Waals surface area contributed by atoms with Crippen molar-refractivity contribution in [2.24, 2.45) is 5.92 Å². The summed E-state index contributed by atoms with van der Waals surface area (Å²) in [4.78, 5) is 0. The lowest BCUT2D eigenvalue weighted by molar-refractivity contribution is 0.0897. The number of rotatable bonds is 4. The summed E-state index contributed by atoms with van der Waals surface area (Å²) in [5.74, 6) is 1.12. The first kappa shape index (κ1) is 15.3. The third kappa shape index (κ3) is 3.50. The molecule has 5 heteroatoms. The van der Waals surface area contributed by atoms with Crippen molar-refractivity contribution in [1.82, 2.24) is 0 Å². The minimum Gasteiger partial charge on any atom is -0.490 e. The highest BCUT2D eigenvalue weighted by Crippen LogP contribution is 2.31. The van der Waals surface area contributed by atoms with Gasteiger partial charge in [-0.05, 0) is 50.2 Å². The summed E-state index contributed by atoms with van der Waals surface area (Å²) >= 11 is 0. The minimum atomic E-state index is -4.93. The number of benzene rings is 1. The normalized spacial score (nSPS) is 23.6. The standard InChI is InChI=1S/C15H21BF3O/c1-3-12-6-4-5-7-15(12)20-14-9-8-13(10-11(14)2)16(17,18)19/h8-10,12,15H,3-7H2,1-2H3/q-1. The number of hydrogen-bond acceptors (Lipinski definition) is 1. The fourth-order valence-electron chi connectivity index (χ4n) is 2.97. The molecule has 0 bridgehead atoms. The number of ether oxygens (including phenoxy) is 1. The van der Waals surface area contributed by atoms with Gasteiger partial charge in [-0.1, -0.05) is 25.5 Å². The van der Waals surface area contributed by atoms with Crippen LogP contribution in [0.4, 0.5) is 12.9 Å². The van der Waals surface area contributed by atoms with E-state index in [2.05, 4.69) is 6.92 Å². The van der Waals surface area contributed by atoms with Crippen LogP contribution >= 0.6 is 0 Å². The second-order valence-corrected chi connectivity index (χ2v) is 5.71. The molecule has 1 aliphatic rings. The van der Waals surface area contributed by atoms with Crippen molar-refractivity contribution in [3.8, 4) is 5.75 Å². The molecule has 0 heterocycles. The molecule has 0 aliphatic heterocycles. The Balaban J connectivity index is 2.13. The third-order valence-electron chi connectivity index (χ3n) is 4.22. The van der Waals surface area contributed by atoms with Gasteiger partial charge in [-0.2, -0.15) is 0 Å². The Bertz CT molecular complexity index is 459. The summed E-state index contributed by atoms with van der Waals surface area (Å²) in [7, 11) is 0. The second kappa shape index (κ2) is 6.11. The molecular weight excluding hydrogens is 264 g/mol. The van der Waals surface area contributed by atoms with Gasteiger partial charge < -0.3 is 17.7 Å². The SMILES string of the molecule is CCC1CCCCC1Oc1ccc([B-](F)(F)F)cc1C. The van der Waals surface area contributed by atoms with Crippen molar-refractivity contribution in [1.29, 1.82) is 0 Å². The molecule has 0 saturated heterocycles. The van der Waals surface area contributed by atoms with Crippen molar-refractivity contribution in [2.75, 3.05) is 0 Å². The Morgan fingerprint density at radius 1 is 1.20 bits per heavy atom. The number of halogens is 3. The van der Waals surface area contributed by atoms with Gasteiger partial charge in [0.25, 0.3) is 0 Å². The van der Waals surface area contributed by atoms with E-state index >= 15 is 0 Å². The molecule has 1 aromatic rings. The van der Waals surface area contributed by atoms with Crippen molar-refractivity contribution in [2.45, 2.75) is 52.1 Å². The predicted octanol–water partition coefficient (Wildman–Crippen LogP) is 4.40. The Kier molecular flexibility index (Phi) is 4.66. The molecule has 20 heavy (non-hydrogen) atoms. The van der Waals surface area contributed by atoms with Crippen LogP contribution < -0.4 is 10.2 Å². The topological polar surface area (TPSA) is 9.23 Å². The Morgan fingerprint density at radius 3 is 2.50 bits per heavy atom. The van der Waals surface area contributed by atoms with Gasteiger partial charge in [-0.25, -0.2) is 0 Å². The van der Waals surface area contributed by atoms with Gasteiger partial charge in [0.2, 0.25) is 0 Å². The van der Waals surface area contributed by atoms with Crippen LogP contribution in [0.2, 0.25) is 0 Å². The van der Waals surface area contributed by atoms with Crippen molar-refractivity contribution in [3.63, 3.8) is 0 Å². The molecule has 2 rings (SSSR count). The van der Waals surface area contributed by atoms with Crippen LogP contribution in [-0.4, -0.2) is 13.1 Å². The van der Waals surface area contributed by atoms with Gasteiger partial charge in [0, 0.05) is 0 Å². The van der Waals surface area contributed by atoms with Crippen LogP contribution in [0.5, 0.6) is 5.75 Å². The second-order valence-electron chi connectivity index (χ2n) is 5.71.